The molecule has 0 aromatic heterocycles. The quantitative estimate of drug-likeness (QED) is 0.671. The first kappa shape index (κ1) is 17.3. The molecule has 0 unspecified atom stereocenters. The van der Waals surface area contributed by atoms with Gasteiger partial charge in [-0.2, -0.15) is 0 Å². The second-order valence-corrected chi connectivity index (χ2v) is 6.54. The Bertz CT molecular complexity index is 1010. The molecule has 4 nitrogen and oxygen atoms in total. The van der Waals surface area contributed by atoms with Crippen LogP contribution in [0.25, 0.3) is 0 Å². The Morgan fingerprint density at radius 3 is 2.48 bits per heavy atom. The molecule has 1 aliphatic rings. The monoisotopic (exact) mass is 375 g/mol. The number of methoxy groups -OCH3 is 1. The Morgan fingerprint density at radius 1 is 0.963 bits per heavy atom. The largest absolute Gasteiger partial charge is 0.497 e. The fourth-order valence-corrected chi connectivity index (χ4v) is 3.14. The molecule has 4 rings (SSSR count). The average Bonchev–Trinajstić information content (AvgIpc) is 2.88. The summed E-state index contributed by atoms with van der Waals surface area (Å²) < 4.78 is 5.21. The maximum Gasteiger partial charge on any atom is 0.128 e. The maximum absolute atomic E-state index is 6.25. The summed E-state index contributed by atoms with van der Waals surface area (Å²) >= 11 is 6.25. The highest BCUT2D eigenvalue weighted by atomic mass is 35.5. The van der Waals surface area contributed by atoms with Crippen molar-refractivity contribution in [2.24, 2.45) is 9.98 Å². The van der Waals surface area contributed by atoms with Crippen LogP contribution in [0.5, 0.6) is 5.75 Å². The Kier molecular flexibility index (Phi) is 4.90. The van der Waals surface area contributed by atoms with Crippen LogP contribution in [0.3, 0.4) is 0 Å². The second kappa shape index (κ2) is 7.64. The summed E-state index contributed by atoms with van der Waals surface area (Å²) in [5, 5.41) is 4.02. The molecule has 0 fully saturated rings. The third-order valence-electron chi connectivity index (χ3n) is 4.28. The second-order valence-electron chi connectivity index (χ2n) is 6.10. The lowest BCUT2D eigenvalue weighted by Crippen LogP contribution is -2.15. The normalized spacial score (nSPS) is 13.1. The van der Waals surface area contributed by atoms with Crippen LogP contribution < -0.4 is 10.1 Å². The van der Waals surface area contributed by atoms with Gasteiger partial charge in [0.1, 0.15) is 11.6 Å². The van der Waals surface area contributed by atoms with E-state index in [4.69, 9.17) is 26.3 Å². The zero-order chi connectivity index (χ0) is 18.6. The molecule has 3 aromatic carbocycles. The van der Waals surface area contributed by atoms with Crippen molar-refractivity contribution in [1.82, 2.24) is 0 Å². The van der Waals surface area contributed by atoms with Gasteiger partial charge < -0.3 is 10.1 Å². The molecule has 1 heterocycles. The zero-order valence-electron chi connectivity index (χ0n) is 14.8. The van der Waals surface area contributed by atoms with Crippen molar-refractivity contribution in [3.8, 4) is 5.75 Å². The van der Waals surface area contributed by atoms with Crippen molar-refractivity contribution in [3.63, 3.8) is 0 Å². The Labute approximate surface area is 163 Å². The summed E-state index contributed by atoms with van der Waals surface area (Å²) in [5.41, 5.74) is 4.64. The van der Waals surface area contributed by atoms with Gasteiger partial charge in [-0.3, -0.25) is 4.99 Å². The van der Waals surface area contributed by atoms with Crippen LogP contribution in [0.4, 0.5) is 11.4 Å². The number of nitrogens with one attached hydrogen (secondary N) is 1. The fourth-order valence-electron chi connectivity index (χ4n) is 2.97. The summed E-state index contributed by atoms with van der Waals surface area (Å²) in [6.07, 6.45) is 0. The highest BCUT2D eigenvalue weighted by Gasteiger charge is 2.16. The number of amidine groups is 1. The highest BCUT2D eigenvalue weighted by molar-refractivity contribution is 6.31. The summed E-state index contributed by atoms with van der Waals surface area (Å²) in [5.74, 6) is 1.59. The number of halogens is 1. The number of hydrogen-bond donors (Lipinski definition) is 1. The molecule has 0 amide bonds. The number of benzene rings is 3. The van der Waals surface area contributed by atoms with Gasteiger partial charge in [-0.1, -0.05) is 41.9 Å². The van der Waals surface area contributed by atoms with Crippen LogP contribution in [-0.4, -0.2) is 25.2 Å². The summed E-state index contributed by atoms with van der Waals surface area (Å²) in [6, 6.07) is 23.5. The van der Waals surface area contributed by atoms with Gasteiger partial charge in [0, 0.05) is 21.8 Å². The smallest absolute Gasteiger partial charge is 0.128 e. The Balaban J connectivity index is 1.71. The molecule has 0 aliphatic carbocycles. The molecule has 3 aromatic rings. The number of fused-ring (bicyclic) bond motifs is 1. The number of ether oxygens (including phenoxy) is 1. The molecule has 0 atom stereocenters. The standard InChI is InChI=1S/C22H18ClN3O/c1-27-18-10-8-17(9-11-18)25-21-14-24-22(15-5-3-2-4-6-15)19-13-16(23)7-12-20(19)26-21/h2-13H,14H2,1H3,(H,25,26). The van der Waals surface area contributed by atoms with Crippen LogP contribution in [0.15, 0.2) is 82.8 Å². The molecule has 27 heavy (non-hydrogen) atoms. The molecule has 0 saturated carbocycles. The van der Waals surface area contributed by atoms with Gasteiger partial charge in [0.25, 0.3) is 0 Å². The minimum atomic E-state index is 0.447. The third-order valence-corrected chi connectivity index (χ3v) is 4.52. The fraction of sp³-hybridized carbons (Fsp3) is 0.0909. The first-order valence-corrected chi connectivity index (χ1v) is 8.99. The molecule has 5 heteroatoms. The van der Waals surface area contributed by atoms with Crippen molar-refractivity contribution >= 4 is 34.5 Å². The van der Waals surface area contributed by atoms with Crippen LogP contribution in [-0.2, 0) is 0 Å². The molecule has 1 N–H and O–H groups in total. The van der Waals surface area contributed by atoms with E-state index >= 15 is 0 Å². The van der Waals surface area contributed by atoms with E-state index in [1.54, 1.807) is 7.11 Å². The van der Waals surface area contributed by atoms with E-state index in [1.165, 1.54) is 0 Å². The van der Waals surface area contributed by atoms with Gasteiger partial charge in [-0.05, 0) is 42.5 Å². The Hall–Kier alpha value is -3.11. The number of anilines is 1. The van der Waals surface area contributed by atoms with Gasteiger partial charge in [0.2, 0.25) is 0 Å². The van der Waals surface area contributed by atoms with Gasteiger partial charge in [-0.15, -0.1) is 0 Å². The van der Waals surface area contributed by atoms with Crippen molar-refractivity contribution in [2.75, 3.05) is 19.0 Å². The molecule has 134 valence electrons. The SMILES string of the molecule is COc1ccc(NC2=Nc3ccc(Cl)cc3C(c3ccccc3)=NC2)cc1. The van der Waals surface area contributed by atoms with E-state index in [-0.39, 0.29) is 0 Å². The number of hydrogen-bond acceptors (Lipinski definition) is 4. The van der Waals surface area contributed by atoms with Crippen molar-refractivity contribution in [1.29, 1.82) is 0 Å². The molecule has 0 radical (unpaired) electrons. The molecular weight excluding hydrogens is 358 g/mol. The van der Waals surface area contributed by atoms with Gasteiger partial charge in [-0.25, -0.2) is 4.99 Å². The minimum Gasteiger partial charge on any atom is -0.497 e. The molecular formula is C22H18ClN3O. The van der Waals surface area contributed by atoms with E-state index in [2.05, 4.69) is 5.32 Å². The third kappa shape index (κ3) is 3.86. The summed E-state index contributed by atoms with van der Waals surface area (Å²) in [7, 11) is 1.65. The van der Waals surface area contributed by atoms with Gasteiger partial charge in [0.05, 0.1) is 25.1 Å². The van der Waals surface area contributed by atoms with E-state index < -0.39 is 0 Å². The zero-order valence-corrected chi connectivity index (χ0v) is 15.6. The predicted molar refractivity (Wildman–Crippen MR) is 112 cm³/mol. The van der Waals surface area contributed by atoms with E-state index in [9.17, 15) is 0 Å². The van der Waals surface area contributed by atoms with E-state index in [0.717, 1.165) is 39.8 Å². The maximum atomic E-state index is 6.25. The van der Waals surface area contributed by atoms with Crippen LogP contribution in [0, 0.1) is 0 Å². The summed E-state index contributed by atoms with van der Waals surface area (Å²) in [6.45, 7) is 0.447. The van der Waals surface area contributed by atoms with Crippen molar-refractivity contribution < 1.29 is 4.74 Å². The summed E-state index contributed by atoms with van der Waals surface area (Å²) in [4.78, 5) is 9.62. The number of aliphatic imine (C=N–C) groups is 2. The van der Waals surface area contributed by atoms with Gasteiger partial charge in [0.15, 0.2) is 0 Å². The lowest BCUT2D eigenvalue weighted by molar-refractivity contribution is 0.415. The van der Waals surface area contributed by atoms with E-state index in [0.29, 0.717) is 11.6 Å². The van der Waals surface area contributed by atoms with Crippen LogP contribution in [0.1, 0.15) is 11.1 Å². The lowest BCUT2D eigenvalue weighted by atomic mass is 10.0. The van der Waals surface area contributed by atoms with E-state index in [1.807, 2.05) is 72.8 Å². The average molecular weight is 376 g/mol. The van der Waals surface area contributed by atoms with Crippen molar-refractivity contribution in [2.45, 2.75) is 0 Å². The lowest BCUT2D eigenvalue weighted by Gasteiger charge is -2.08. The first-order chi connectivity index (χ1) is 13.2. The highest BCUT2D eigenvalue weighted by Crippen LogP contribution is 2.28. The first-order valence-electron chi connectivity index (χ1n) is 8.61. The molecule has 0 bridgehead atoms. The van der Waals surface area contributed by atoms with Crippen molar-refractivity contribution in [3.05, 3.63) is 88.9 Å². The predicted octanol–water partition coefficient (Wildman–Crippen LogP) is 5.34. The molecule has 1 aliphatic heterocycles. The van der Waals surface area contributed by atoms with Crippen LogP contribution in [0.2, 0.25) is 5.02 Å². The number of rotatable bonds is 3. The molecule has 0 saturated heterocycles. The minimum absolute atomic E-state index is 0.447. The van der Waals surface area contributed by atoms with Crippen LogP contribution >= 0.6 is 11.6 Å². The topological polar surface area (TPSA) is 46.0 Å². The number of nitrogens with zero attached hydrogens (tertiary/aromatic N) is 2. The Morgan fingerprint density at radius 2 is 1.74 bits per heavy atom. The molecule has 0 spiro atoms. The van der Waals surface area contributed by atoms with Gasteiger partial charge >= 0.3 is 0 Å².